The molecule has 1 nitrogen and oxygen atoms in total. The molecule has 0 bridgehead atoms. The Labute approximate surface area is 176 Å². The second kappa shape index (κ2) is 8.25. The lowest BCUT2D eigenvalue weighted by molar-refractivity contribution is -0.137. The SMILES string of the molecule is CC1=CC(C)C(C(C)c2ccc(C(F)(F)F)c(C(=O)c3ccccc3C(C)C)c2)=C1. The maximum Gasteiger partial charge on any atom is 0.417 e. The van der Waals surface area contributed by atoms with Crippen molar-refractivity contribution < 1.29 is 18.0 Å². The number of halogens is 3. The lowest BCUT2D eigenvalue weighted by Gasteiger charge is -2.21. The van der Waals surface area contributed by atoms with Gasteiger partial charge in [-0.25, -0.2) is 0 Å². The lowest BCUT2D eigenvalue weighted by Crippen LogP contribution is -2.16. The zero-order chi connectivity index (χ0) is 22.2. The fourth-order valence-electron chi connectivity index (χ4n) is 4.26. The Morgan fingerprint density at radius 3 is 2.23 bits per heavy atom. The molecule has 0 spiro atoms. The van der Waals surface area contributed by atoms with Gasteiger partial charge in [-0.3, -0.25) is 4.79 Å². The third kappa shape index (κ3) is 4.28. The molecule has 30 heavy (non-hydrogen) atoms. The number of hydrogen-bond donors (Lipinski definition) is 0. The van der Waals surface area contributed by atoms with Crippen LogP contribution >= 0.6 is 0 Å². The van der Waals surface area contributed by atoms with Crippen molar-refractivity contribution >= 4 is 5.78 Å². The molecular weight excluding hydrogens is 385 g/mol. The van der Waals surface area contributed by atoms with E-state index in [1.54, 1.807) is 24.3 Å². The molecule has 2 unspecified atom stereocenters. The number of carbonyl (C=O) groups is 1. The number of carbonyl (C=O) groups excluding carboxylic acids is 1. The topological polar surface area (TPSA) is 17.1 Å². The van der Waals surface area contributed by atoms with Crippen LogP contribution in [0.2, 0.25) is 0 Å². The van der Waals surface area contributed by atoms with E-state index in [9.17, 15) is 18.0 Å². The first-order valence-corrected chi connectivity index (χ1v) is 10.2. The molecule has 0 fully saturated rings. The second-order valence-corrected chi connectivity index (χ2v) is 8.44. The molecule has 2 aromatic carbocycles. The monoisotopic (exact) mass is 412 g/mol. The van der Waals surface area contributed by atoms with E-state index in [4.69, 9.17) is 0 Å². The Balaban J connectivity index is 2.12. The average Bonchev–Trinajstić information content (AvgIpc) is 3.03. The summed E-state index contributed by atoms with van der Waals surface area (Å²) >= 11 is 0. The maximum atomic E-state index is 13.8. The minimum Gasteiger partial charge on any atom is -0.289 e. The Kier molecular flexibility index (Phi) is 6.07. The van der Waals surface area contributed by atoms with Gasteiger partial charge in [0.05, 0.1) is 5.56 Å². The van der Waals surface area contributed by atoms with Crippen LogP contribution in [0, 0.1) is 5.92 Å². The summed E-state index contributed by atoms with van der Waals surface area (Å²) in [5.41, 5.74) is 2.93. The highest BCUT2D eigenvalue weighted by molar-refractivity contribution is 6.11. The van der Waals surface area contributed by atoms with Crippen molar-refractivity contribution in [2.45, 2.75) is 52.6 Å². The molecule has 158 valence electrons. The van der Waals surface area contributed by atoms with E-state index in [-0.39, 0.29) is 23.3 Å². The van der Waals surface area contributed by atoms with Crippen LogP contribution in [0.15, 0.2) is 65.8 Å². The summed E-state index contributed by atoms with van der Waals surface area (Å²) in [6.45, 7) is 9.93. The predicted octanol–water partition coefficient (Wildman–Crippen LogP) is 7.69. The molecule has 0 amide bonds. The number of alkyl halides is 3. The molecule has 0 aromatic heterocycles. The van der Waals surface area contributed by atoms with Gasteiger partial charge in [0.25, 0.3) is 0 Å². The van der Waals surface area contributed by atoms with Crippen LogP contribution in [-0.4, -0.2) is 5.78 Å². The summed E-state index contributed by atoms with van der Waals surface area (Å²) in [6.07, 6.45) is -0.374. The Morgan fingerprint density at radius 2 is 1.67 bits per heavy atom. The van der Waals surface area contributed by atoms with E-state index in [1.807, 2.05) is 27.7 Å². The van der Waals surface area contributed by atoms with E-state index in [2.05, 4.69) is 19.1 Å². The standard InChI is InChI=1S/C26H27F3O/c1-15(2)20-8-6-7-9-21(20)25(30)23-14-19(10-11-24(23)26(27,28)29)18(5)22-13-16(3)12-17(22)4/h6-15,17-18H,1-5H3. The molecule has 2 atom stereocenters. The molecule has 1 aliphatic rings. The number of benzene rings is 2. The van der Waals surface area contributed by atoms with E-state index < -0.39 is 17.5 Å². The van der Waals surface area contributed by atoms with Crippen molar-refractivity contribution in [2.75, 3.05) is 0 Å². The van der Waals surface area contributed by atoms with Crippen molar-refractivity contribution in [2.24, 2.45) is 5.92 Å². The zero-order valence-corrected chi connectivity index (χ0v) is 18.0. The fourth-order valence-corrected chi connectivity index (χ4v) is 4.26. The van der Waals surface area contributed by atoms with Gasteiger partial charge in [-0.15, -0.1) is 0 Å². The Morgan fingerprint density at radius 1 is 1.00 bits per heavy atom. The van der Waals surface area contributed by atoms with Crippen LogP contribution < -0.4 is 0 Å². The highest BCUT2D eigenvalue weighted by Gasteiger charge is 2.36. The van der Waals surface area contributed by atoms with Gasteiger partial charge in [-0.1, -0.05) is 81.3 Å². The molecular formula is C26H27F3O. The Bertz CT molecular complexity index is 1020. The highest BCUT2D eigenvalue weighted by atomic mass is 19.4. The molecule has 0 saturated carbocycles. The average molecular weight is 412 g/mol. The molecule has 0 N–H and O–H groups in total. The second-order valence-electron chi connectivity index (χ2n) is 8.44. The van der Waals surface area contributed by atoms with Gasteiger partial charge in [0.2, 0.25) is 0 Å². The summed E-state index contributed by atoms with van der Waals surface area (Å²) in [5.74, 6) is -0.408. The number of rotatable bonds is 5. The predicted molar refractivity (Wildman–Crippen MR) is 115 cm³/mol. The summed E-state index contributed by atoms with van der Waals surface area (Å²) in [6, 6.07) is 10.9. The quantitative estimate of drug-likeness (QED) is 0.460. The lowest BCUT2D eigenvalue weighted by atomic mass is 9.84. The van der Waals surface area contributed by atoms with Crippen molar-refractivity contribution in [3.05, 3.63) is 93.6 Å². The first-order chi connectivity index (χ1) is 14.0. The molecule has 0 radical (unpaired) electrons. The fraction of sp³-hybridized carbons (Fsp3) is 0.346. The van der Waals surface area contributed by atoms with Crippen LogP contribution in [0.4, 0.5) is 13.2 Å². The smallest absolute Gasteiger partial charge is 0.289 e. The number of allylic oxidation sites excluding steroid dienone is 4. The van der Waals surface area contributed by atoms with Crippen molar-refractivity contribution in [3.63, 3.8) is 0 Å². The van der Waals surface area contributed by atoms with Crippen LogP contribution in [-0.2, 0) is 6.18 Å². The third-order valence-corrected chi connectivity index (χ3v) is 5.85. The normalized spacial score (nSPS) is 17.7. The van der Waals surface area contributed by atoms with E-state index in [0.29, 0.717) is 5.56 Å². The van der Waals surface area contributed by atoms with Gasteiger partial charge < -0.3 is 0 Å². The summed E-state index contributed by atoms with van der Waals surface area (Å²) in [4.78, 5) is 13.3. The third-order valence-electron chi connectivity index (χ3n) is 5.85. The highest BCUT2D eigenvalue weighted by Crippen LogP contribution is 2.39. The Hall–Kier alpha value is -2.62. The molecule has 0 aliphatic heterocycles. The van der Waals surface area contributed by atoms with Crippen LogP contribution in [0.25, 0.3) is 0 Å². The summed E-state index contributed by atoms with van der Waals surface area (Å²) < 4.78 is 41.3. The van der Waals surface area contributed by atoms with Crippen LogP contribution in [0.3, 0.4) is 0 Å². The van der Waals surface area contributed by atoms with E-state index in [1.165, 1.54) is 12.1 Å². The van der Waals surface area contributed by atoms with Gasteiger partial charge >= 0.3 is 6.18 Å². The minimum absolute atomic E-state index is 0.0279. The molecule has 1 aliphatic carbocycles. The summed E-state index contributed by atoms with van der Waals surface area (Å²) in [7, 11) is 0. The van der Waals surface area contributed by atoms with Crippen molar-refractivity contribution in [1.82, 2.24) is 0 Å². The van der Waals surface area contributed by atoms with Gasteiger partial charge in [0.15, 0.2) is 5.78 Å². The van der Waals surface area contributed by atoms with Crippen LogP contribution in [0.1, 0.15) is 79.1 Å². The first-order valence-electron chi connectivity index (χ1n) is 10.2. The first kappa shape index (κ1) is 22.1. The molecule has 0 saturated heterocycles. The molecule has 4 heteroatoms. The number of hydrogen-bond acceptors (Lipinski definition) is 1. The van der Waals surface area contributed by atoms with Gasteiger partial charge in [0, 0.05) is 17.0 Å². The molecule has 2 aromatic rings. The maximum absolute atomic E-state index is 13.8. The van der Waals surface area contributed by atoms with E-state index in [0.717, 1.165) is 28.3 Å². The van der Waals surface area contributed by atoms with Gasteiger partial charge in [-0.2, -0.15) is 13.2 Å². The van der Waals surface area contributed by atoms with Gasteiger partial charge in [0.1, 0.15) is 0 Å². The van der Waals surface area contributed by atoms with Crippen LogP contribution in [0.5, 0.6) is 0 Å². The minimum atomic E-state index is -4.60. The zero-order valence-electron chi connectivity index (χ0n) is 18.0. The van der Waals surface area contributed by atoms with Gasteiger partial charge in [-0.05, 0) is 42.0 Å². The largest absolute Gasteiger partial charge is 0.417 e. The van der Waals surface area contributed by atoms with E-state index >= 15 is 0 Å². The molecule has 3 rings (SSSR count). The number of ketones is 1. The summed E-state index contributed by atoms with van der Waals surface area (Å²) in [5, 5.41) is 0. The van der Waals surface area contributed by atoms with Crippen molar-refractivity contribution in [1.29, 1.82) is 0 Å². The molecule has 0 heterocycles. The van der Waals surface area contributed by atoms with Crippen molar-refractivity contribution in [3.8, 4) is 0 Å².